The van der Waals surface area contributed by atoms with E-state index in [9.17, 15) is 4.79 Å². The van der Waals surface area contributed by atoms with Crippen LogP contribution in [-0.2, 0) is 9.47 Å². The average Bonchev–Trinajstić information content (AvgIpc) is 2.71. The fourth-order valence-corrected chi connectivity index (χ4v) is 2.85. The van der Waals surface area contributed by atoms with E-state index in [4.69, 9.17) is 15.2 Å². The lowest BCUT2D eigenvalue weighted by Gasteiger charge is -2.39. The highest BCUT2D eigenvalue weighted by atomic mass is 16.6. The molecule has 0 aromatic heterocycles. The molecule has 0 bridgehead atoms. The number of hydrogen-bond donors (Lipinski definition) is 1. The third-order valence-corrected chi connectivity index (χ3v) is 3.93. The van der Waals surface area contributed by atoms with Crippen molar-refractivity contribution in [2.45, 2.75) is 63.8 Å². The van der Waals surface area contributed by atoms with Crippen molar-refractivity contribution in [3.05, 3.63) is 0 Å². The van der Waals surface area contributed by atoms with Gasteiger partial charge in [0.15, 0.2) is 0 Å². The van der Waals surface area contributed by atoms with Crippen molar-refractivity contribution in [1.29, 1.82) is 0 Å². The zero-order valence-electron chi connectivity index (χ0n) is 12.3. The number of nitrogens with zero attached hydrogens (tertiary/aromatic N) is 1. The number of hydrogen-bond acceptors (Lipinski definition) is 4. The molecule has 2 aliphatic heterocycles. The summed E-state index contributed by atoms with van der Waals surface area (Å²) in [4.78, 5) is 13.8. The Balaban J connectivity index is 1.84. The van der Waals surface area contributed by atoms with Gasteiger partial charge in [-0.3, -0.25) is 0 Å². The molecule has 5 nitrogen and oxygen atoms in total. The van der Waals surface area contributed by atoms with Gasteiger partial charge in [-0.05, 0) is 46.5 Å². The summed E-state index contributed by atoms with van der Waals surface area (Å²) in [5.41, 5.74) is 5.19. The van der Waals surface area contributed by atoms with Crippen LogP contribution in [0.1, 0.15) is 46.5 Å². The minimum Gasteiger partial charge on any atom is -0.444 e. The molecule has 5 heteroatoms. The van der Waals surface area contributed by atoms with E-state index >= 15 is 0 Å². The molecule has 2 fully saturated rings. The highest BCUT2D eigenvalue weighted by Gasteiger charge is 2.43. The molecule has 2 heterocycles. The first-order valence-electron chi connectivity index (χ1n) is 7.19. The van der Waals surface area contributed by atoms with Crippen LogP contribution in [0.15, 0.2) is 0 Å². The zero-order valence-corrected chi connectivity index (χ0v) is 12.3. The van der Waals surface area contributed by atoms with E-state index in [-0.39, 0.29) is 17.8 Å². The minimum absolute atomic E-state index is 0.0391. The molecule has 0 radical (unpaired) electrons. The quantitative estimate of drug-likeness (QED) is 0.790. The molecule has 0 aromatic carbocycles. The summed E-state index contributed by atoms with van der Waals surface area (Å²) in [6.45, 7) is 7.70. The molecule has 2 rings (SSSR count). The summed E-state index contributed by atoms with van der Waals surface area (Å²) < 4.78 is 11.5. The van der Waals surface area contributed by atoms with Crippen molar-refractivity contribution in [3.8, 4) is 0 Å². The maximum atomic E-state index is 12.0. The van der Waals surface area contributed by atoms with Crippen LogP contribution in [0.4, 0.5) is 4.79 Å². The van der Waals surface area contributed by atoms with E-state index in [1.54, 1.807) is 4.90 Å². The van der Waals surface area contributed by atoms with Crippen LogP contribution in [-0.4, -0.2) is 47.9 Å². The molecule has 1 atom stereocenters. The van der Waals surface area contributed by atoms with Gasteiger partial charge >= 0.3 is 6.09 Å². The molecular weight excluding hydrogens is 244 g/mol. The SMILES string of the molecule is CC(C)(C)OC(=O)N1CCC2(CC[C@@H](CN)O2)CC1. The van der Waals surface area contributed by atoms with Crippen LogP contribution in [0.2, 0.25) is 0 Å². The van der Waals surface area contributed by atoms with Crippen LogP contribution in [0.25, 0.3) is 0 Å². The Morgan fingerprint density at radius 2 is 2.00 bits per heavy atom. The first kappa shape index (κ1) is 14.6. The van der Waals surface area contributed by atoms with Gasteiger partial charge in [-0.25, -0.2) is 4.79 Å². The smallest absolute Gasteiger partial charge is 0.410 e. The summed E-state index contributed by atoms with van der Waals surface area (Å²) in [5, 5.41) is 0. The lowest BCUT2D eigenvalue weighted by atomic mass is 9.89. The summed E-state index contributed by atoms with van der Waals surface area (Å²) in [6.07, 6.45) is 3.88. The van der Waals surface area contributed by atoms with Crippen LogP contribution in [0.5, 0.6) is 0 Å². The number of ether oxygens (including phenoxy) is 2. The lowest BCUT2D eigenvalue weighted by molar-refractivity contribution is -0.0750. The number of piperidine rings is 1. The third-order valence-electron chi connectivity index (χ3n) is 3.93. The maximum absolute atomic E-state index is 12.0. The van der Waals surface area contributed by atoms with Crippen LogP contribution in [0, 0.1) is 0 Å². The maximum Gasteiger partial charge on any atom is 0.410 e. The predicted molar refractivity (Wildman–Crippen MR) is 72.9 cm³/mol. The summed E-state index contributed by atoms with van der Waals surface area (Å²) in [6, 6.07) is 0. The van der Waals surface area contributed by atoms with Gasteiger partial charge in [-0.1, -0.05) is 0 Å². The van der Waals surface area contributed by atoms with Crippen molar-refractivity contribution in [2.75, 3.05) is 19.6 Å². The highest BCUT2D eigenvalue weighted by molar-refractivity contribution is 5.68. The van der Waals surface area contributed by atoms with E-state index in [2.05, 4.69) is 0 Å². The number of amides is 1. The Labute approximate surface area is 115 Å². The summed E-state index contributed by atoms with van der Waals surface area (Å²) in [7, 11) is 0. The van der Waals surface area contributed by atoms with Crippen LogP contribution >= 0.6 is 0 Å². The fourth-order valence-electron chi connectivity index (χ4n) is 2.85. The molecule has 2 aliphatic rings. The third kappa shape index (κ3) is 3.60. The molecular formula is C14H26N2O3. The Kier molecular flexibility index (Phi) is 4.06. The monoisotopic (exact) mass is 270 g/mol. The van der Waals surface area contributed by atoms with Gasteiger partial charge in [0.25, 0.3) is 0 Å². The second-order valence-electron chi connectivity index (χ2n) is 6.66. The van der Waals surface area contributed by atoms with Gasteiger partial charge in [0.05, 0.1) is 11.7 Å². The van der Waals surface area contributed by atoms with Crippen molar-refractivity contribution >= 4 is 6.09 Å². The van der Waals surface area contributed by atoms with E-state index < -0.39 is 5.60 Å². The molecule has 2 N–H and O–H groups in total. The van der Waals surface area contributed by atoms with Gasteiger partial charge in [-0.15, -0.1) is 0 Å². The van der Waals surface area contributed by atoms with Gasteiger partial charge < -0.3 is 20.1 Å². The first-order chi connectivity index (χ1) is 8.84. The highest BCUT2D eigenvalue weighted by Crippen LogP contribution is 2.38. The van der Waals surface area contributed by atoms with E-state index in [1.165, 1.54) is 0 Å². The second kappa shape index (κ2) is 5.29. The molecule has 0 aromatic rings. The Morgan fingerprint density at radius 3 is 2.47 bits per heavy atom. The van der Waals surface area contributed by atoms with Gasteiger partial charge in [-0.2, -0.15) is 0 Å². The Morgan fingerprint density at radius 1 is 1.37 bits per heavy atom. The fraction of sp³-hybridized carbons (Fsp3) is 0.929. The van der Waals surface area contributed by atoms with Crippen molar-refractivity contribution in [1.82, 2.24) is 4.90 Å². The minimum atomic E-state index is -0.430. The second-order valence-corrected chi connectivity index (χ2v) is 6.66. The van der Waals surface area contributed by atoms with E-state index in [1.807, 2.05) is 20.8 Å². The molecule has 0 unspecified atom stereocenters. The van der Waals surface area contributed by atoms with Gasteiger partial charge in [0.2, 0.25) is 0 Å². The topological polar surface area (TPSA) is 64.8 Å². The van der Waals surface area contributed by atoms with Crippen molar-refractivity contribution in [3.63, 3.8) is 0 Å². The number of carbonyl (C=O) groups is 1. The molecule has 1 spiro atoms. The zero-order chi connectivity index (χ0) is 14.1. The largest absolute Gasteiger partial charge is 0.444 e. The van der Waals surface area contributed by atoms with Crippen LogP contribution < -0.4 is 5.73 Å². The van der Waals surface area contributed by atoms with Crippen molar-refractivity contribution in [2.24, 2.45) is 5.73 Å². The Hall–Kier alpha value is -0.810. The lowest BCUT2D eigenvalue weighted by Crippen LogP contribution is -2.48. The summed E-state index contributed by atoms with van der Waals surface area (Å²) in [5.74, 6) is 0. The molecule has 0 aliphatic carbocycles. The average molecular weight is 270 g/mol. The Bertz CT molecular complexity index is 330. The van der Waals surface area contributed by atoms with Gasteiger partial charge in [0, 0.05) is 19.6 Å². The molecule has 110 valence electrons. The molecule has 0 saturated carbocycles. The number of nitrogens with two attached hydrogens (primary N) is 1. The molecule has 1 amide bonds. The normalized spacial score (nSPS) is 26.7. The number of rotatable bonds is 1. The van der Waals surface area contributed by atoms with E-state index in [0.29, 0.717) is 19.6 Å². The molecule has 2 saturated heterocycles. The van der Waals surface area contributed by atoms with Crippen LogP contribution in [0.3, 0.4) is 0 Å². The molecule has 19 heavy (non-hydrogen) atoms. The van der Waals surface area contributed by atoms with Gasteiger partial charge in [0.1, 0.15) is 5.60 Å². The standard InChI is InChI=1S/C14H26N2O3/c1-13(2,3)19-12(17)16-8-6-14(7-9-16)5-4-11(10-15)18-14/h11H,4-10,15H2,1-3H3/t11-/m0/s1. The predicted octanol–water partition coefficient (Wildman–Crippen LogP) is 1.89. The van der Waals surface area contributed by atoms with Crippen molar-refractivity contribution < 1.29 is 14.3 Å². The number of likely N-dealkylation sites (tertiary alicyclic amines) is 1. The number of carbonyl (C=O) groups excluding carboxylic acids is 1. The summed E-state index contributed by atoms with van der Waals surface area (Å²) >= 11 is 0. The first-order valence-corrected chi connectivity index (χ1v) is 7.19. The van der Waals surface area contributed by atoms with E-state index in [0.717, 1.165) is 25.7 Å².